The second kappa shape index (κ2) is 13.8. The fourth-order valence-electron chi connectivity index (χ4n) is 3.47. The summed E-state index contributed by atoms with van der Waals surface area (Å²) in [5, 5.41) is 72.9. The largest absolute Gasteiger partial charge is 0.479 e. The molecule has 14 heteroatoms. The first kappa shape index (κ1) is 29.8. The smallest absolute Gasteiger partial charge is 0.338 e. The summed E-state index contributed by atoms with van der Waals surface area (Å²) in [6.45, 7) is 0.933. The molecule has 0 saturated carbocycles. The molecular formula is C22H33NO13. The molecule has 1 aliphatic rings. The van der Waals surface area contributed by atoms with Crippen molar-refractivity contribution < 1.29 is 64.3 Å². The Morgan fingerprint density at radius 2 is 1.64 bits per heavy atom. The molecular weight excluding hydrogens is 486 g/mol. The van der Waals surface area contributed by atoms with Crippen LogP contribution in [0.3, 0.4) is 0 Å². The van der Waals surface area contributed by atoms with E-state index in [9.17, 15) is 45.3 Å². The maximum Gasteiger partial charge on any atom is 0.338 e. The Morgan fingerprint density at radius 1 is 1.03 bits per heavy atom. The van der Waals surface area contributed by atoms with E-state index in [0.717, 1.165) is 7.11 Å². The second-order valence-corrected chi connectivity index (χ2v) is 8.07. The van der Waals surface area contributed by atoms with E-state index >= 15 is 0 Å². The number of carbonyl (C=O) groups is 2. The van der Waals surface area contributed by atoms with Gasteiger partial charge in [0, 0.05) is 19.3 Å². The van der Waals surface area contributed by atoms with Crippen LogP contribution in [0.4, 0.5) is 5.69 Å². The highest BCUT2D eigenvalue weighted by Crippen LogP contribution is 2.24. The summed E-state index contributed by atoms with van der Waals surface area (Å²) in [6, 6.07) is 6.10. The zero-order chi connectivity index (χ0) is 27.0. The molecule has 1 aliphatic heterocycles. The van der Waals surface area contributed by atoms with Gasteiger partial charge in [-0.2, -0.15) is 0 Å². The number of aliphatic carboxylic acids is 1. The highest BCUT2D eigenvalue weighted by Gasteiger charge is 2.48. The van der Waals surface area contributed by atoms with E-state index < -0.39 is 73.7 Å². The van der Waals surface area contributed by atoms with Gasteiger partial charge in [-0.3, -0.25) is 0 Å². The number of esters is 1. The predicted molar refractivity (Wildman–Crippen MR) is 120 cm³/mol. The molecule has 9 unspecified atom stereocenters. The number of methoxy groups -OCH3 is 1. The van der Waals surface area contributed by atoms with Crippen molar-refractivity contribution in [1.82, 2.24) is 0 Å². The number of rotatable bonds is 13. The van der Waals surface area contributed by atoms with Crippen LogP contribution in [0.2, 0.25) is 0 Å². The van der Waals surface area contributed by atoms with Crippen LogP contribution in [0.1, 0.15) is 17.3 Å². The first-order chi connectivity index (χ1) is 17.0. The molecule has 0 amide bonds. The molecule has 1 fully saturated rings. The van der Waals surface area contributed by atoms with Gasteiger partial charge in [-0.15, -0.1) is 0 Å². The van der Waals surface area contributed by atoms with E-state index in [1.54, 1.807) is 19.1 Å². The molecule has 9 atom stereocenters. The van der Waals surface area contributed by atoms with Crippen molar-refractivity contribution in [1.29, 1.82) is 0 Å². The highest BCUT2D eigenvalue weighted by atomic mass is 16.7. The Kier molecular flexibility index (Phi) is 11.4. The van der Waals surface area contributed by atoms with Crippen LogP contribution < -0.4 is 5.32 Å². The van der Waals surface area contributed by atoms with Crippen molar-refractivity contribution in [3.05, 3.63) is 29.8 Å². The number of carboxylic acids is 1. The fourth-order valence-corrected chi connectivity index (χ4v) is 3.47. The predicted octanol–water partition coefficient (Wildman–Crippen LogP) is -2.72. The molecule has 2 rings (SSSR count). The van der Waals surface area contributed by atoms with Crippen molar-refractivity contribution in [3.8, 4) is 0 Å². The van der Waals surface area contributed by atoms with E-state index in [4.69, 9.17) is 18.9 Å². The van der Waals surface area contributed by atoms with Crippen LogP contribution in [0, 0.1) is 0 Å². The van der Waals surface area contributed by atoms with E-state index in [1.807, 2.05) is 0 Å². The molecule has 14 nitrogen and oxygen atoms in total. The molecule has 0 radical (unpaired) electrons. The van der Waals surface area contributed by atoms with Gasteiger partial charge in [0.1, 0.15) is 36.6 Å². The quantitative estimate of drug-likeness (QED) is 0.124. The van der Waals surface area contributed by atoms with E-state index in [-0.39, 0.29) is 13.2 Å². The van der Waals surface area contributed by atoms with Gasteiger partial charge in [0.15, 0.2) is 12.4 Å². The number of aliphatic hydroxyl groups excluding tert-OH is 6. The zero-order valence-corrected chi connectivity index (χ0v) is 19.7. The number of carboxylic acid groups (broad SMARTS) is 1. The van der Waals surface area contributed by atoms with Crippen molar-refractivity contribution >= 4 is 17.6 Å². The number of nitrogens with one attached hydrogen (secondary N) is 1. The molecule has 1 aromatic rings. The Morgan fingerprint density at radius 3 is 2.19 bits per heavy atom. The average Bonchev–Trinajstić information content (AvgIpc) is 2.87. The average molecular weight is 520 g/mol. The Hall–Kier alpha value is -2.40. The van der Waals surface area contributed by atoms with E-state index in [2.05, 4.69) is 5.32 Å². The van der Waals surface area contributed by atoms with Crippen LogP contribution >= 0.6 is 0 Å². The van der Waals surface area contributed by atoms with E-state index in [1.165, 1.54) is 12.1 Å². The summed E-state index contributed by atoms with van der Waals surface area (Å²) in [5.41, 5.74) is 0.825. The number of aliphatic hydroxyl groups is 6. The van der Waals surface area contributed by atoms with Crippen LogP contribution in [0.15, 0.2) is 24.3 Å². The van der Waals surface area contributed by atoms with Gasteiger partial charge in [0.2, 0.25) is 0 Å². The van der Waals surface area contributed by atoms with Gasteiger partial charge in [0.05, 0.1) is 24.9 Å². The van der Waals surface area contributed by atoms with Crippen molar-refractivity contribution in [2.45, 2.75) is 62.0 Å². The van der Waals surface area contributed by atoms with Gasteiger partial charge in [-0.05, 0) is 31.2 Å². The van der Waals surface area contributed by atoms with Crippen molar-refractivity contribution in [2.75, 3.05) is 32.2 Å². The molecule has 204 valence electrons. The van der Waals surface area contributed by atoms with Crippen LogP contribution in [-0.2, 0) is 23.7 Å². The number of carbonyl (C=O) groups excluding carboxylic acids is 1. The molecule has 36 heavy (non-hydrogen) atoms. The van der Waals surface area contributed by atoms with Gasteiger partial charge < -0.3 is 60.0 Å². The lowest BCUT2D eigenvalue weighted by Crippen LogP contribution is -2.61. The lowest BCUT2D eigenvalue weighted by molar-refractivity contribution is -0.302. The fraction of sp³-hybridized carbons (Fsp3) is 0.636. The van der Waals surface area contributed by atoms with Crippen molar-refractivity contribution in [2.24, 2.45) is 0 Å². The van der Waals surface area contributed by atoms with Gasteiger partial charge in [-0.25, -0.2) is 9.59 Å². The minimum atomic E-state index is -1.90. The minimum Gasteiger partial charge on any atom is -0.479 e. The third kappa shape index (κ3) is 7.55. The highest BCUT2D eigenvalue weighted by molar-refractivity contribution is 5.89. The molecule has 1 saturated heterocycles. The Bertz CT molecular complexity index is 838. The topological polar surface area (TPSA) is 225 Å². The normalized spacial score (nSPS) is 27.5. The Balaban J connectivity index is 1.86. The number of ether oxygens (including phenoxy) is 4. The minimum absolute atomic E-state index is 0.232. The van der Waals surface area contributed by atoms with Gasteiger partial charge in [-0.1, -0.05) is 0 Å². The van der Waals surface area contributed by atoms with Gasteiger partial charge >= 0.3 is 11.9 Å². The van der Waals surface area contributed by atoms with Crippen molar-refractivity contribution in [3.63, 3.8) is 0 Å². The number of benzene rings is 1. The third-order valence-electron chi connectivity index (χ3n) is 5.54. The summed E-state index contributed by atoms with van der Waals surface area (Å²) >= 11 is 0. The summed E-state index contributed by atoms with van der Waals surface area (Å²) in [6.07, 6.45) is -15.2. The molecule has 8 N–H and O–H groups in total. The Labute approximate surface area is 206 Å². The summed E-state index contributed by atoms with van der Waals surface area (Å²) < 4.78 is 19.9. The lowest BCUT2D eigenvalue weighted by atomic mass is 9.98. The maximum absolute atomic E-state index is 11.7. The molecule has 1 aromatic carbocycles. The maximum atomic E-state index is 11.7. The van der Waals surface area contributed by atoms with E-state index in [0.29, 0.717) is 11.3 Å². The van der Waals surface area contributed by atoms with Crippen LogP contribution in [-0.4, -0.2) is 130 Å². The SMILES string of the molecule is CCOC(=O)c1ccc(NCC(O)C(O)C(O)C(O)COC2OC(C(=O)O)C(OC)C(O)C2O)cc1. The van der Waals surface area contributed by atoms with Gasteiger partial charge in [0.25, 0.3) is 0 Å². The molecule has 0 bridgehead atoms. The molecule has 0 aliphatic carbocycles. The zero-order valence-electron chi connectivity index (χ0n) is 19.7. The first-order valence-corrected chi connectivity index (χ1v) is 11.1. The number of hydrogen-bond donors (Lipinski definition) is 8. The van der Waals surface area contributed by atoms with Crippen LogP contribution in [0.25, 0.3) is 0 Å². The number of anilines is 1. The second-order valence-electron chi connectivity index (χ2n) is 8.07. The van der Waals surface area contributed by atoms with Crippen LogP contribution in [0.5, 0.6) is 0 Å². The monoisotopic (exact) mass is 519 g/mol. The molecule has 0 spiro atoms. The summed E-state index contributed by atoms with van der Waals surface area (Å²) in [4.78, 5) is 23.0. The molecule has 0 aromatic heterocycles. The first-order valence-electron chi connectivity index (χ1n) is 11.1. The third-order valence-corrected chi connectivity index (χ3v) is 5.54. The molecule has 1 heterocycles. The standard InChI is InChI=1S/C22H33NO13/c1-3-34-21(32)10-4-6-11(7-5-10)23-8-12(24)14(26)15(27)13(25)9-35-22-17(29)16(28)18(33-2)19(36-22)20(30)31/h4-7,12-19,22-29H,3,8-9H2,1-2H3,(H,30,31). The summed E-state index contributed by atoms with van der Waals surface area (Å²) in [7, 11) is 1.13. The number of hydrogen-bond acceptors (Lipinski definition) is 13. The summed E-state index contributed by atoms with van der Waals surface area (Å²) in [5.74, 6) is -1.97. The lowest BCUT2D eigenvalue weighted by Gasteiger charge is -2.40.